The molecule has 0 bridgehead atoms. The maximum atomic E-state index is 8.84. The molecule has 0 aromatic carbocycles. The molecule has 0 amide bonds. The zero-order valence-electron chi connectivity index (χ0n) is 7.14. The van der Waals surface area contributed by atoms with Gasteiger partial charge in [-0.15, -0.1) is 0 Å². The summed E-state index contributed by atoms with van der Waals surface area (Å²) in [5.41, 5.74) is 3.94. The number of nitrogens with one attached hydrogen (secondary N) is 1. The van der Waals surface area contributed by atoms with Gasteiger partial charge in [0.1, 0.15) is 0 Å². The molecule has 0 saturated heterocycles. The van der Waals surface area contributed by atoms with Crippen LogP contribution in [0.25, 0.3) is 0 Å². The Morgan fingerprint density at radius 2 is 1.69 bits per heavy atom. The normalized spacial score (nSPS) is 13.3. The molecular weight excluding hydrogens is 178 g/mol. The Labute approximate surface area is 75.5 Å². The molecule has 0 fully saturated rings. The number of rotatable bonds is 6. The number of nitrogens with two attached hydrogens (primary N) is 1. The molecule has 7 N–H and O–H groups in total. The number of aliphatic hydroxyl groups excluding tert-OH is 3. The molecule has 0 aliphatic heterocycles. The van der Waals surface area contributed by atoms with Crippen molar-refractivity contribution in [3.63, 3.8) is 0 Å². The number of aliphatic hydroxyl groups is 3. The van der Waals surface area contributed by atoms with E-state index in [0.717, 1.165) is 0 Å². The monoisotopic (exact) mass is 193 g/mol. The summed E-state index contributed by atoms with van der Waals surface area (Å²) in [6.45, 7) is -1.37. The van der Waals surface area contributed by atoms with E-state index in [2.05, 4.69) is 10.5 Å². The Balaban J connectivity index is 4.10. The van der Waals surface area contributed by atoms with Crippen molar-refractivity contribution in [1.29, 1.82) is 0 Å². The van der Waals surface area contributed by atoms with Crippen molar-refractivity contribution < 1.29 is 20.5 Å². The lowest BCUT2D eigenvalue weighted by Crippen LogP contribution is -2.56. The highest BCUT2D eigenvalue weighted by Gasteiger charge is 2.27. The molecule has 0 spiro atoms. The van der Waals surface area contributed by atoms with Crippen LogP contribution in [0.1, 0.15) is 0 Å². The summed E-state index contributed by atoms with van der Waals surface area (Å²) >= 11 is 0. The predicted octanol–water partition coefficient (Wildman–Crippen LogP) is -2.96. The Morgan fingerprint density at radius 1 is 1.23 bits per heavy atom. The van der Waals surface area contributed by atoms with Crippen molar-refractivity contribution in [3.8, 4) is 0 Å². The van der Waals surface area contributed by atoms with Gasteiger partial charge in [-0.05, 0) is 0 Å². The first-order valence-electron chi connectivity index (χ1n) is 3.68. The highest BCUT2D eigenvalue weighted by Crippen LogP contribution is 2.00. The van der Waals surface area contributed by atoms with Crippen LogP contribution in [0, 0.1) is 0 Å². The summed E-state index contributed by atoms with van der Waals surface area (Å²) in [7, 11) is 0. The van der Waals surface area contributed by atoms with Gasteiger partial charge < -0.3 is 26.3 Å². The summed E-state index contributed by atoms with van der Waals surface area (Å²) in [4.78, 5) is 0. The maximum Gasteiger partial charge on any atom is 0.153 e. The quantitative estimate of drug-likeness (QED) is 0.116. The van der Waals surface area contributed by atoms with Crippen LogP contribution in [0.5, 0.6) is 0 Å². The molecule has 7 nitrogen and oxygen atoms in total. The average Bonchev–Trinajstić information content (AvgIpc) is 2.20. The number of amidine groups is 1. The SMILES string of the molecule is NC(CNC(CO)(CO)CO)=NO. The van der Waals surface area contributed by atoms with Gasteiger partial charge in [0, 0.05) is 0 Å². The molecule has 0 aromatic heterocycles. The third kappa shape index (κ3) is 3.55. The lowest BCUT2D eigenvalue weighted by Gasteiger charge is -2.28. The van der Waals surface area contributed by atoms with Crippen molar-refractivity contribution in [1.82, 2.24) is 5.32 Å². The predicted molar refractivity (Wildman–Crippen MR) is 45.4 cm³/mol. The van der Waals surface area contributed by atoms with E-state index in [-0.39, 0.29) is 12.4 Å². The molecule has 0 saturated carbocycles. The van der Waals surface area contributed by atoms with Crippen molar-refractivity contribution in [2.75, 3.05) is 26.4 Å². The van der Waals surface area contributed by atoms with Crippen molar-refractivity contribution in [2.45, 2.75) is 5.54 Å². The molecule has 7 heteroatoms. The summed E-state index contributed by atoms with van der Waals surface area (Å²) in [5.74, 6) is -0.0975. The fourth-order valence-corrected chi connectivity index (χ4v) is 0.631. The van der Waals surface area contributed by atoms with Gasteiger partial charge in [0.05, 0.1) is 31.9 Å². The number of nitrogens with zero attached hydrogens (tertiary/aromatic N) is 1. The summed E-state index contributed by atoms with van der Waals surface area (Å²) in [6, 6.07) is 0. The van der Waals surface area contributed by atoms with Crippen molar-refractivity contribution in [2.24, 2.45) is 10.9 Å². The summed E-state index contributed by atoms with van der Waals surface area (Å²) in [5, 5.41) is 39.9. The van der Waals surface area contributed by atoms with Crippen LogP contribution in [-0.2, 0) is 0 Å². The van der Waals surface area contributed by atoms with Gasteiger partial charge in [-0.1, -0.05) is 5.16 Å². The van der Waals surface area contributed by atoms with Crippen LogP contribution < -0.4 is 11.1 Å². The van der Waals surface area contributed by atoms with Crippen molar-refractivity contribution >= 4 is 5.84 Å². The number of hydrogen-bond acceptors (Lipinski definition) is 6. The van der Waals surface area contributed by atoms with E-state index in [4.69, 9.17) is 26.3 Å². The minimum atomic E-state index is -1.20. The zero-order valence-corrected chi connectivity index (χ0v) is 7.14. The lowest BCUT2D eigenvalue weighted by atomic mass is 10.0. The van der Waals surface area contributed by atoms with E-state index in [1.807, 2.05) is 0 Å². The Bertz CT molecular complexity index is 161. The van der Waals surface area contributed by atoms with Crippen LogP contribution in [0.15, 0.2) is 5.16 Å². The molecule has 0 aliphatic rings. The third-order valence-electron chi connectivity index (χ3n) is 1.68. The average molecular weight is 193 g/mol. The van der Waals surface area contributed by atoms with Gasteiger partial charge in [-0.25, -0.2) is 0 Å². The van der Waals surface area contributed by atoms with Gasteiger partial charge in [0.25, 0.3) is 0 Å². The topological polar surface area (TPSA) is 131 Å². The van der Waals surface area contributed by atoms with E-state index >= 15 is 0 Å². The molecular formula is C6H15N3O4. The number of oxime groups is 1. The second-order valence-corrected chi connectivity index (χ2v) is 2.70. The Kier molecular flexibility index (Phi) is 5.31. The van der Waals surface area contributed by atoms with Crippen LogP contribution in [-0.4, -0.2) is 58.3 Å². The lowest BCUT2D eigenvalue weighted by molar-refractivity contribution is 0.0458. The molecule has 0 radical (unpaired) electrons. The van der Waals surface area contributed by atoms with Gasteiger partial charge in [0.15, 0.2) is 5.84 Å². The van der Waals surface area contributed by atoms with Crippen molar-refractivity contribution in [3.05, 3.63) is 0 Å². The standard InChI is InChI=1S/C6H15N3O4/c7-5(9-13)1-8-6(2-10,3-11)4-12/h8,10-13H,1-4H2,(H2,7,9). The largest absolute Gasteiger partial charge is 0.409 e. The van der Waals surface area contributed by atoms with Crippen LogP contribution in [0.2, 0.25) is 0 Å². The van der Waals surface area contributed by atoms with E-state index in [0.29, 0.717) is 0 Å². The van der Waals surface area contributed by atoms with Gasteiger partial charge in [-0.3, -0.25) is 5.32 Å². The molecule has 0 unspecified atom stereocenters. The van der Waals surface area contributed by atoms with Crippen LogP contribution >= 0.6 is 0 Å². The second-order valence-electron chi connectivity index (χ2n) is 2.70. The molecule has 0 atom stereocenters. The third-order valence-corrected chi connectivity index (χ3v) is 1.68. The molecule has 13 heavy (non-hydrogen) atoms. The Morgan fingerprint density at radius 3 is 2.00 bits per heavy atom. The van der Waals surface area contributed by atoms with E-state index in [1.54, 1.807) is 0 Å². The number of hydrogen-bond donors (Lipinski definition) is 6. The van der Waals surface area contributed by atoms with Gasteiger partial charge in [0.2, 0.25) is 0 Å². The van der Waals surface area contributed by atoms with E-state index in [9.17, 15) is 0 Å². The minimum absolute atomic E-state index is 0.0296. The Hall–Kier alpha value is -0.890. The van der Waals surface area contributed by atoms with E-state index in [1.165, 1.54) is 0 Å². The fraction of sp³-hybridized carbons (Fsp3) is 0.833. The molecule has 0 aromatic rings. The first-order chi connectivity index (χ1) is 6.14. The summed E-state index contributed by atoms with van der Waals surface area (Å²) in [6.07, 6.45) is 0. The van der Waals surface area contributed by atoms with E-state index < -0.39 is 25.4 Å². The first kappa shape index (κ1) is 12.1. The van der Waals surface area contributed by atoms with Gasteiger partial charge >= 0.3 is 0 Å². The zero-order chi connectivity index (χ0) is 10.3. The maximum absolute atomic E-state index is 8.84. The summed E-state index contributed by atoms with van der Waals surface area (Å²) < 4.78 is 0. The molecule has 0 heterocycles. The minimum Gasteiger partial charge on any atom is -0.409 e. The van der Waals surface area contributed by atoms with Gasteiger partial charge in [-0.2, -0.15) is 0 Å². The smallest absolute Gasteiger partial charge is 0.153 e. The molecule has 0 rings (SSSR count). The fourth-order valence-electron chi connectivity index (χ4n) is 0.631. The molecule has 78 valence electrons. The highest BCUT2D eigenvalue weighted by atomic mass is 16.4. The molecule has 0 aliphatic carbocycles. The highest BCUT2D eigenvalue weighted by molar-refractivity contribution is 5.81. The van der Waals surface area contributed by atoms with Crippen LogP contribution in [0.4, 0.5) is 0 Å². The first-order valence-corrected chi connectivity index (χ1v) is 3.68. The van der Waals surface area contributed by atoms with Crippen LogP contribution in [0.3, 0.4) is 0 Å². The second kappa shape index (κ2) is 5.70.